The predicted octanol–water partition coefficient (Wildman–Crippen LogP) is 2.35. The average Bonchev–Trinajstić information content (AvgIpc) is 2.55. The van der Waals surface area contributed by atoms with Crippen molar-refractivity contribution in [3.8, 4) is 0 Å². The van der Waals surface area contributed by atoms with Crippen LogP contribution in [0.5, 0.6) is 0 Å². The van der Waals surface area contributed by atoms with E-state index in [1.165, 1.54) is 17.5 Å². The summed E-state index contributed by atoms with van der Waals surface area (Å²) in [6.07, 6.45) is 4.33. The third-order valence-electron chi connectivity index (χ3n) is 3.46. The van der Waals surface area contributed by atoms with Gasteiger partial charge in [-0.15, -0.1) is 0 Å². The number of nitrogens with one attached hydrogen (secondary N) is 1. The lowest BCUT2D eigenvalue weighted by atomic mass is 9.91. The molecule has 0 amide bonds. The molecule has 1 fully saturated rings. The van der Waals surface area contributed by atoms with Crippen LogP contribution in [-0.2, 0) is 12.8 Å². The van der Waals surface area contributed by atoms with Gasteiger partial charge in [-0.2, -0.15) is 0 Å². The van der Waals surface area contributed by atoms with Crippen LogP contribution in [0.4, 0.5) is 4.39 Å². The number of benzene rings is 1. The SMILES string of the molecule is Fc1ccc([C@H]2CCN2)c2c1CCC2. The van der Waals surface area contributed by atoms with Crippen LogP contribution in [0.15, 0.2) is 12.1 Å². The first-order valence-electron chi connectivity index (χ1n) is 5.40. The monoisotopic (exact) mass is 191 g/mol. The zero-order chi connectivity index (χ0) is 9.54. The molecule has 0 aromatic heterocycles. The van der Waals surface area contributed by atoms with Crippen LogP contribution >= 0.6 is 0 Å². The van der Waals surface area contributed by atoms with Crippen molar-refractivity contribution < 1.29 is 4.39 Å². The molecule has 1 aromatic rings. The van der Waals surface area contributed by atoms with Crippen molar-refractivity contribution in [1.82, 2.24) is 5.32 Å². The molecule has 1 aromatic carbocycles. The molecule has 1 aliphatic heterocycles. The molecule has 1 atom stereocenters. The Kier molecular flexibility index (Phi) is 1.84. The number of hydrogen-bond donors (Lipinski definition) is 1. The second-order valence-electron chi connectivity index (χ2n) is 4.24. The Morgan fingerprint density at radius 2 is 2.00 bits per heavy atom. The molecular formula is C12H14FN. The maximum absolute atomic E-state index is 13.4. The zero-order valence-corrected chi connectivity index (χ0v) is 8.15. The molecule has 0 bridgehead atoms. The highest BCUT2D eigenvalue weighted by atomic mass is 19.1. The van der Waals surface area contributed by atoms with Gasteiger partial charge in [0.2, 0.25) is 0 Å². The highest BCUT2D eigenvalue weighted by molar-refractivity contribution is 5.41. The molecule has 1 N–H and O–H groups in total. The van der Waals surface area contributed by atoms with Crippen molar-refractivity contribution in [2.24, 2.45) is 0 Å². The summed E-state index contributed by atoms with van der Waals surface area (Å²) < 4.78 is 13.4. The van der Waals surface area contributed by atoms with Gasteiger partial charge >= 0.3 is 0 Å². The molecule has 1 aliphatic carbocycles. The number of halogens is 1. The molecule has 0 spiro atoms. The predicted molar refractivity (Wildman–Crippen MR) is 53.8 cm³/mol. The quantitative estimate of drug-likeness (QED) is 0.718. The molecule has 14 heavy (non-hydrogen) atoms. The molecule has 1 nitrogen and oxygen atoms in total. The van der Waals surface area contributed by atoms with Crippen LogP contribution in [0.1, 0.15) is 35.6 Å². The van der Waals surface area contributed by atoms with E-state index in [-0.39, 0.29) is 5.82 Å². The van der Waals surface area contributed by atoms with E-state index in [0.29, 0.717) is 6.04 Å². The highest BCUT2D eigenvalue weighted by Gasteiger charge is 2.26. The van der Waals surface area contributed by atoms with Crippen LogP contribution in [0.2, 0.25) is 0 Å². The molecule has 74 valence electrons. The van der Waals surface area contributed by atoms with Gasteiger partial charge in [0.05, 0.1) is 0 Å². The first-order valence-corrected chi connectivity index (χ1v) is 5.40. The van der Waals surface area contributed by atoms with Gasteiger partial charge in [-0.05, 0) is 55.0 Å². The van der Waals surface area contributed by atoms with Gasteiger partial charge in [0.1, 0.15) is 5.82 Å². The van der Waals surface area contributed by atoms with Crippen molar-refractivity contribution in [3.63, 3.8) is 0 Å². The summed E-state index contributed by atoms with van der Waals surface area (Å²) in [5, 5.41) is 3.39. The van der Waals surface area contributed by atoms with Crippen LogP contribution < -0.4 is 5.32 Å². The molecule has 1 saturated heterocycles. The largest absolute Gasteiger partial charge is 0.310 e. The van der Waals surface area contributed by atoms with Gasteiger partial charge < -0.3 is 5.32 Å². The Labute approximate surface area is 83.3 Å². The fraction of sp³-hybridized carbons (Fsp3) is 0.500. The third-order valence-corrected chi connectivity index (χ3v) is 3.46. The Morgan fingerprint density at radius 3 is 2.71 bits per heavy atom. The summed E-state index contributed by atoms with van der Waals surface area (Å²) in [6, 6.07) is 4.11. The van der Waals surface area contributed by atoms with E-state index in [1.807, 2.05) is 6.07 Å². The summed E-state index contributed by atoms with van der Waals surface area (Å²) in [4.78, 5) is 0. The maximum atomic E-state index is 13.4. The van der Waals surface area contributed by atoms with Gasteiger partial charge in [0.25, 0.3) is 0 Å². The van der Waals surface area contributed by atoms with Crippen molar-refractivity contribution in [2.75, 3.05) is 6.54 Å². The lowest BCUT2D eigenvalue weighted by Gasteiger charge is -2.30. The molecule has 1 heterocycles. The summed E-state index contributed by atoms with van der Waals surface area (Å²) in [5.41, 5.74) is 3.63. The minimum Gasteiger partial charge on any atom is -0.310 e. The van der Waals surface area contributed by atoms with Gasteiger partial charge in [-0.25, -0.2) is 4.39 Å². The Morgan fingerprint density at radius 1 is 1.21 bits per heavy atom. The fourth-order valence-electron chi connectivity index (χ4n) is 2.57. The summed E-state index contributed by atoms with van der Waals surface area (Å²) in [7, 11) is 0. The van der Waals surface area contributed by atoms with E-state index < -0.39 is 0 Å². The van der Waals surface area contributed by atoms with E-state index in [2.05, 4.69) is 5.32 Å². The summed E-state index contributed by atoms with van der Waals surface area (Å²) in [5.74, 6) is 0.000531. The minimum atomic E-state index is 0.000531. The van der Waals surface area contributed by atoms with E-state index in [9.17, 15) is 4.39 Å². The smallest absolute Gasteiger partial charge is 0.126 e. The third kappa shape index (κ3) is 1.10. The molecule has 3 rings (SSSR count). The lowest BCUT2D eigenvalue weighted by molar-refractivity contribution is 0.381. The van der Waals surface area contributed by atoms with Crippen LogP contribution in [-0.4, -0.2) is 6.54 Å². The standard InChI is InChI=1S/C12H14FN/c13-11-5-4-10(12-6-7-14-12)8-2-1-3-9(8)11/h4-5,12,14H,1-3,6-7H2/t12-/m1/s1. The Balaban J connectivity index is 2.08. The molecule has 0 saturated carbocycles. The van der Waals surface area contributed by atoms with Gasteiger partial charge in [-0.1, -0.05) is 6.07 Å². The number of rotatable bonds is 1. The molecular weight excluding hydrogens is 177 g/mol. The first kappa shape index (κ1) is 8.42. The Bertz CT molecular complexity index is 369. The van der Waals surface area contributed by atoms with Crippen molar-refractivity contribution in [2.45, 2.75) is 31.7 Å². The summed E-state index contributed by atoms with van der Waals surface area (Å²) >= 11 is 0. The second-order valence-corrected chi connectivity index (χ2v) is 4.24. The average molecular weight is 191 g/mol. The zero-order valence-electron chi connectivity index (χ0n) is 8.15. The van der Waals surface area contributed by atoms with Crippen LogP contribution in [0, 0.1) is 5.82 Å². The molecule has 2 heteroatoms. The van der Waals surface area contributed by atoms with Gasteiger partial charge in [0, 0.05) is 6.04 Å². The van der Waals surface area contributed by atoms with E-state index in [1.54, 1.807) is 6.07 Å². The lowest BCUT2D eigenvalue weighted by Crippen LogP contribution is -2.35. The maximum Gasteiger partial charge on any atom is 0.126 e. The number of fused-ring (bicyclic) bond motifs is 1. The molecule has 2 aliphatic rings. The molecule has 0 radical (unpaired) electrons. The van der Waals surface area contributed by atoms with Crippen LogP contribution in [0.25, 0.3) is 0 Å². The second kappa shape index (κ2) is 3.06. The number of hydrogen-bond acceptors (Lipinski definition) is 1. The highest BCUT2D eigenvalue weighted by Crippen LogP contribution is 2.34. The summed E-state index contributed by atoms with van der Waals surface area (Å²) in [6.45, 7) is 1.11. The Hall–Kier alpha value is -0.890. The topological polar surface area (TPSA) is 12.0 Å². The normalized spacial score (nSPS) is 24.5. The minimum absolute atomic E-state index is 0.000531. The fourth-order valence-corrected chi connectivity index (χ4v) is 2.57. The van der Waals surface area contributed by atoms with Crippen LogP contribution in [0.3, 0.4) is 0 Å². The molecule has 0 unspecified atom stereocenters. The van der Waals surface area contributed by atoms with Crippen molar-refractivity contribution >= 4 is 0 Å². The van der Waals surface area contributed by atoms with Crippen molar-refractivity contribution in [3.05, 3.63) is 34.6 Å². The van der Waals surface area contributed by atoms with Gasteiger partial charge in [-0.3, -0.25) is 0 Å². The van der Waals surface area contributed by atoms with E-state index in [0.717, 1.165) is 31.4 Å². The van der Waals surface area contributed by atoms with Gasteiger partial charge in [0.15, 0.2) is 0 Å². The first-order chi connectivity index (χ1) is 6.86. The van der Waals surface area contributed by atoms with Crippen molar-refractivity contribution in [1.29, 1.82) is 0 Å². The van der Waals surface area contributed by atoms with E-state index in [4.69, 9.17) is 0 Å². The van der Waals surface area contributed by atoms with E-state index >= 15 is 0 Å².